The van der Waals surface area contributed by atoms with E-state index in [0.717, 1.165) is 10.9 Å². The summed E-state index contributed by atoms with van der Waals surface area (Å²) in [6, 6.07) is 3.83. The minimum absolute atomic E-state index is 0.467. The minimum Gasteiger partial charge on any atom is -0.443 e. The van der Waals surface area contributed by atoms with Crippen LogP contribution in [0.3, 0.4) is 0 Å². The van der Waals surface area contributed by atoms with Gasteiger partial charge in [0.1, 0.15) is 17.3 Å². The number of aromatic nitrogens is 2. The Bertz CT molecular complexity index is 748. The Labute approximate surface area is 129 Å². The second-order valence-corrected chi connectivity index (χ2v) is 6.45. The van der Waals surface area contributed by atoms with Crippen molar-refractivity contribution in [2.75, 3.05) is 14.1 Å². The molecule has 0 saturated carbocycles. The fraction of sp³-hybridized carbons (Fsp3) is 0.438. The van der Waals surface area contributed by atoms with Crippen LogP contribution in [0.1, 0.15) is 31.9 Å². The first-order valence-corrected chi connectivity index (χ1v) is 6.99. The van der Waals surface area contributed by atoms with Crippen LogP contribution in [0, 0.1) is 11.3 Å². The number of fused-ring (bicyclic) bond motifs is 1. The van der Waals surface area contributed by atoms with Gasteiger partial charge in [0.2, 0.25) is 0 Å². The molecule has 0 saturated heterocycles. The zero-order valence-corrected chi connectivity index (χ0v) is 13.5. The van der Waals surface area contributed by atoms with Gasteiger partial charge in [-0.1, -0.05) is 0 Å². The third-order valence-electron chi connectivity index (χ3n) is 2.93. The molecular formula is C16H20N4O2. The van der Waals surface area contributed by atoms with Crippen molar-refractivity contribution in [2.45, 2.75) is 32.9 Å². The largest absolute Gasteiger partial charge is 0.443 e. The van der Waals surface area contributed by atoms with Gasteiger partial charge in [0.05, 0.1) is 5.56 Å². The fourth-order valence-electron chi connectivity index (χ4n) is 2.15. The van der Waals surface area contributed by atoms with Crippen molar-refractivity contribution >= 4 is 17.1 Å². The first-order valence-electron chi connectivity index (χ1n) is 6.99. The van der Waals surface area contributed by atoms with Crippen molar-refractivity contribution in [3.8, 4) is 6.07 Å². The summed E-state index contributed by atoms with van der Waals surface area (Å²) in [7, 11) is 3.89. The summed E-state index contributed by atoms with van der Waals surface area (Å²) in [4.78, 5) is 18.6. The second kappa shape index (κ2) is 5.78. The Hall–Kier alpha value is -2.39. The molecule has 2 aromatic heterocycles. The van der Waals surface area contributed by atoms with E-state index < -0.39 is 11.7 Å². The molecule has 0 N–H and O–H groups in total. The Morgan fingerprint density at radius 1 is 1.45 bits per heavy atom. The van der Waals surface area contributed by atoms with E-state index in [4.69, 9.17) is 10.00 Å². The maximum atomic E-state index is 12.4. The number of nitrogens with zero attached hydrogens (tertiary/aromatic N) is 4. The number of carbonyl (C=O) groups excluding carboxylic acids is 1. The lowest BCUT2D eigenvalue weighted by molar-refractivity contribution is 0.0543. The zero-order valence-electron chi connectivity index (χ0n) is 13.5. The van der Waals surface area contributed by atoms with Gasteiger partial charge in [-0.05, 0) is 46.5 Å². The number of pyridine rings is 1. The van der Waals surface area contributed by atoms with Crippen molar-refractivity contribution < 1.29 is 9.53 Å². The molecule has 2 rings (SSSR count). The molecule has 0 aliphatic rings. The summed E-state index contributed by atoms with van der Waals surface area (Å²) in [5.74, 6) is 0. The molecule has 0 spiro atoms. The Morgan fingerprint density at radius 2 is 2.14 bits per heavy atom. The molecule has 0 radical (unpaired) electrons. The van der Waals surface area contributed by atoms with Gasteiger partial charge in [0.25, 0.3) is 0 Å². The van der Waals surface area contributed by atoms with E-state index >= 15 is 0 Å². The van der Waals surface area contributed by atoms with Crippen molar-refractivity contribution in [3.63, 3.8) is 0 Å². The van der Waals surface area contributed by atoms with E-state index in [1.54, 1.807) is 12.3 Å². The third kappa shape index (κ3) is 3.43. The molecule has 0 fully saturated rings. The number of rotatable bonds is 2. The van der Waals surface area contributed by atoms with Crippen LogP contribution in [0.2, 0.25) is 0 Å². The highest BCUT2D eigenvalue weighted by atomic mass is 16.6. The lowest BCUT2D eigenvalue weighted by Gasteiger charge is -2.19. The predicted octanol–water partition coefficient (Wildman–Crippen LogP) is 2.75. The van der Waals surface area contributed by atoms with E-state index in [9.17, 15) is 4.79 Å². The minimum atomic E-state index is -0.581. The van der Waals surface area contributed by atoms with Crippen molar-refractivity contribution in [2.24, 2.45) is 0 Å². The highest BCUT2D eigenvalue weighted by Crippen LogP contribution is 2.23. The molecule has 6 heteroatoms. The molecule has 0 amide bonds. The lowest BCUT2D eigenvalue weighted by atomic mass is 10.2. The number of hydrogen-bond donors (Lipinski definition) is 0. The molecule has 0 atom stereocenters. The first-order chi connectivity index (χ1) is 10.2. The Balaban J connectivity index is 2.56. The quantitative estimate of drug-likeness (QED) is 0.852. The molecule has 6 nitrogen and oxygen atoms in total. The van der Waals surface area contributed by atoms with Gasteiger partial charge in [0, 0.05) is 24.3 Å². The number of ether oxygens (including phenoxy) is 1. The van der Waals surface area contributed by atoms with Crippen molar-refractivity contribution in [3.05, 3.63) is 29.6 Å². The zero-order chi connectivity index (χ0) is 16.5. The van der Waals surface area contributed by atoms with E-state index in [1.807, 2.05) is 39.8 Å². The van der Waals surface area contributed by atoms with E-state index in [1.165, 1.54) is 10.8 Å². The highest BCUT2D eigenvalue weighted by Gasteiger charge is 2.21. The fourth-order valence-corrected chi connectivity index (χ4v) is 2.15. The van der Waals surface area contributed by atoms with Gasteiger partial charge in [-0.2, -0.15) is 5.26 Å². The van der Waals surface area contributed by atoms with Gasteiger partial charge in [0.15, 0.2) is 0 Å². The summed E-state index contributed by atoms with van der Waals surface area (Å²) in [6.07, 6.45) is 2.72. The van der Waals surface area contributed by atoms with E-state index in [-0.39, 0.29) is 0 Å². The van der Waals surface area contributed by atoms with Crippen LogP contribution in [-0.2, 0) is 11.3 Å². The van der Waals surface area contributed by atoms with Gasteiger partial charge in [-0.25, -0.2) is 14.3 Å². The molecule has 0 aliphatic heterocycles. The monoisotopic (exact) mass is 300 g/mol. The summed E-state index contributed by atoms with van der Waals surface area (Å²) < 4.78 is 6.82. The smallest absolute Gasteiger partial charge is 0.420 e. The summed E-state index contributed by atoms with van der Waals surface area (Å²) >= 11 is 0. The number of hydrogen-bond acceptors (Lipinski definition) is 5. The molecule has 2 aromatic rings. The van der Waals surface area contributed by atoms with Crippen LogP contribution in [0.25, 0.3) is 11.0 Å². The Morgan fingerprint density at radius 3 is 2.68 bits per heavy atom. The second-order valence-electron chi connectivity index (χ2n) is 6.45. The topological polar surface area (TPSA) is 71.2 Å². The van der Waals surface area contributed by atoms with Gasteiger partial charge < -0.3 is 9.64 Å². The third-order valence-corrected chi connectivity index (χ3v) is 2.93. The first kappa shape index (κ1) is 16.0. The molecule has 0 unspecified atom stereocenters. The van der Waals surface area contributed by atoms with Crippen LogP contribution in [0.4, 0.5) is 4.79 Å². The average molecular weight is 300 g/mol. The van der Waals surface area contributed by atoms with Crippen LogP contribution >= 0.6 is 0 Å². The Kier molecular flexibility index (Phi) is 4.20. The van der Waals surface area contributed by atoms with Crippen molar-refractivity contribution in [1.29, 1.82) is 5.26 Å². The van der Waals surface area contributed by atoms with Crippen LogP contribution in [0.5, 0.6) is 0 Å². The van der Waals surface area contributed by atoms with Crippen molar-refractivity contribution in [1.82, 2.24) is 14.5 Å². The van der Waals surface area contributed by atoms with Gasteiger partial charge in [-0.3, -0.25) is 0 Å². The van der Waals surface area contributed by atoms with E-state index in [2.05, 4.69) is 11.1 Å². The summed E-state index contributed by atoms with van der Waals surface area (Å²) in [6.45, 7) is 6.10. The molecule has 22 heavy (non-hydrogen) atoms. The summed E-state index contributed by atoms with van der Waals surface area (Å²) in [5, 5.41) is 9.83. The summed E-state index contributed by atoms with van der Waals surface area (Å²) in [5.41, 5.74) is 1.32. The molecule has 2 heterocycles. The number of carbonyl (C=O) groups is 1. The highest BCUT2D eigenvalue weighted by molar-refractivity contribution is 5.90. The standard InChI is InChI=1S/C16H20N4O2/c1-16(2,3)22-15(21)20-10-12(9-19(4)5)13-6-11(7-17)8-18-14(13)20/h6,8,10H,9H2,1-5H3. The maximum Gasteiger partial charge on any atom is 0.420 e. The maximum absolute atomic E-state index is 12.4. The lowest BCUT2D eigenvalue weighted by Crippen LogP contribution is -2.27. The van der Waals surface area contributed by atoms with E-state index in [0.29, 0.717) is 17.8 Å². The predicted molar refractivity (Wildman–Crippen MR) is 83.5 cm³/mol. The normalized spacial score (nSPS) is 11.7. The van der Waals surface area contributed by atoms with Gasteiger partial charge in [-0.15, -0.1) is 0 Å². The van der Waals surface area contributed by atoms with Crippen LogP contribution in [0.15, 0.2) is 18.5 Å². The van der Waals surface area contributed by atoms with Crippen LogP contribution < -0.4 is 0 Å². The molecule has 0 aliphatic carbocycles. The van der Waals surface area contributed by atoms with Crippen LogP contribution in [-0.4, -0.2) is 40.2 Å². The molecule has 0 bridgehead atoms. The SMILES string of the molecule is CN(C)Cc1cn(C(=O)OC(C)(C)C)c2ncc(C#N)cc12. The van der Waals surface area contributed by atoms with Gasteiger partial charge >= 0.3 is 6.09 Å². The molecule has 0 aromatic carbocycles. The molecule has 116 valence electrons. The molecular weight excluding hydrogens is 280 g/mol. The number of nitriles is 1. The average Bonchev–Trinajstić information content (AvgIpc) is 2.74.